The van der Waals surface area contributed by atoms with Crippen LogP contribution in [0.2, 0.25) is 0 Å². The molecule has 6 heteroatoms. The van der Waals surface area contributed by atoms with Crippen molar-refractivity contribution in [3.63, 3.8) is 0 Å². The first kappa shape index (κ1) is 55.4. The number of carbonyl (C=O) groups excluding carboxylic acids is 3. The second-order valence-electron chi connectivity index (χ2n) is 17.5. The molecule has 0 fully saturated rings. The van der Waals surface area contributed by atoms with Crippen molar-refractivity contribution >= 4 is 17.9 Å². The number of ether oxygens (including phenoxy) is 3. The van der Waals surface area contributed by atoms with Crippen molar-refractivity contribution in [1.82, 2.24) is 0 Å². The van der Waals surface area contributed by atoms with E-state index in [1.807, 2.05) is 0 Å². The molecule has 0 spiro atoms. The Bertz CT molecular complexity index is 844. The highest BCUT2D eigenvalue weighted by Gasteiger charge is 2.19. The molecule has 0 bridgehead atoms. The molecule has 0 saturated carbocycles. The second kappa shape index (κ2) is 47.1. The van der Waals surface area contributed by atoms with Gasteiger partial charge in [-0.1, -0.05) is 252 Å². The van der Waals surface area contributed by atoms with Gasteiger partial charge in [0.1, 0.15) is 13.2 Å². The largest absolute Gasteiger partial charge is 0.462 e. The van der Waals surface area contributed by atoms with Gasteiger partial charge in [-0.05, 0) is 19.3 Å². The van der Waals surface area contributed by atoms with Crippen LogP contribution >= 0.6 is 0 Å². The smallest absolute Gasteiger partial charge is 0.306 e. The van der Waals surface area contributed by atoms with Crippen LogP contribution in [0.4, 0.5) is 0 Å². The molecule has 0 N–H and O–H groups in total. The molecule has 0 amide bonds. The summed E-state index contributed by atoms with van der Waals surface area (Å²) in [6.45, 7) is 6.66. The fraction of sp³-hybridized carbons (Fsp3) is 0.941. The van der Waals surface area contributed by atoms with Gasteiger partial charge in [0.25, 0.3) is 0 Å². The third kappa shape index (κ3) is 45.3. The molecule has 0 aliphatic rings. The molecule has 57 heavy (non-hydrogen) atoms. The molecule has 0 radical (unpaired) electrons. The van der Waals surface area contributed by atoms with Crippen LogP contribution in [0, 0.1) is 0 Å². The van der Waals surface area contributed by atoms with Gasteiger partial charge >= 0.3 is 17.9 Å². The van der Waals surface area contributed by atoms with Crippen LogP contribution in [0.1, 0.15) is 290 Å². The van der Waals surface area contributed by atoms with E-state index in [2.05, 4.69) is 20.8 Å². The molecule has 0 heterocycles. The molecule has 0 aliphatic carbocycles. The van der Waals surface area contributed by atoms with E-state index in [4.69, 9.17) is 14.2 Å². The predicted octanol–water partition coefficient (Wildman–Crippen LogP) is 16.4. The van der Waals surface area contributed by atoms with E-state index in [1.165, 1.54) is 193 Å². The lowest BCUT2D eigenvalue weighted by molar-refractivity contribution is -0.167. The molecule has 0 unspecified atom stereocenters. The van der Waals surface area contributed by atoms with E-state index in [0.29, 0.717) is 19.3 Å². The standard InChI is InChI=1S/C51H98O6/c1-4-7-10-13-16-19-21-23-25-26-28-29-32-35-38-41-44-50(53)56-47-48(46-55-49(52)43-40-37-34-31-18-15-12-9-6-3)57-51(54)45-42-39-36-33-30-27-24-22-20-17-14-11-8-5-2/h48H,4-47H2,1-3H3/t48-/m0/s1. The van der Waals surface area contributed by atoms with Crippen molar-refractivity contribution in [2.75, 3.05) is 13.2 Å². The lowest BCUT2D eigenvalue weighted by Gasteiger charge is -2.18. The fourth-order valence-electron chi connectivity index (χ4n) is 7.74. The topological polar surface area (TPSA) is 78.9 Å². The van der Waals surface area contributed by atoms with E-state index in [1.54, 1.807) is 0 Å². The van der Waals surface area contributed by atoms with Crippen molar-refractivity contribution in [3.05, 3.63) is 0 Å². The molecule has 0 aromatic rings. The van der Waals surface area contributed by atoms with Gasteiger partial charge in [0, 0.05) is 19.3 Å². The van der Waals surface area contributed by atoms with E-state index in [-0.39, 0.29) is 31.1 Å². The van der Waals surface area contributed by atoms with Crippen molar-refractivity contribution in [1.29, 1.82) is 0 Å². The zero-order chi connectivity index (χ0) is 41.5. The first-order valence-electron chi connectivity index (χ1n) is 25.5. The summed E-state index contributed by atoms with van der Waals surface area (Å²) in [5, 5.41) is 0. The third-order valence-electron chi connectivity index (χ3n) is 11.6. The van der Waals surface area contributed by atoms with Crippen LogP contribution in [-0.2, 0) is 28.6 Å². The fourth-order valence-corrected chi connectivity index (χ4v) is 7.74. The van der Waals surface area contributed by atoms with E-state index in [9.17, 15) is 14.4 Å². The lowest BCUT2D eigenvalue weighted by Crippen LogP contribution is -2.30. The Kier molecular flexibility index (Phi) is 45.8. The molecule has 0 rings (SSSR count). The number of hydrogen-bond donors (Lipinski definition) is 0. The minimum Gasteiger partial charge on any atom is -0.462 e. The Morgan fingerprint density at radius 1 is 0.281 bits per heavy atom. The van der Waals surface area contributed by atoms with Crippen molar-refractivity contribution < 1.29 is 28.6 Å². The first-order valence-corrected chi connectivity index (χ1v) is 25.5. The maximum Gasteiger partial charge on any atom is 0.306 e. The number of esters is 3. The zero-order valence-corrected chi connectivity index (χ0v) is 38.6. The first-order chi connectivity index (χ1) is 28.0. The minimum atomic E-state index is -0.758. The van der Waals surface area contributed by atoms with Crippen LogP contribution in [-0.4, -0.2) is 37.2 Å². The number of hydrogen-bond acceptors (Lipinski definition) is 6. The van der Waals surface area contributed by atoms with Crippen molar-refractivity contribution in [2.45, 2.75) is 297 Å². The quantitative estimate of drug-likeness (QED) is 0.0346. The van der Waals surface area contributed by atoms with Crippen LogP contribution in [0.3, 0.4) is 0 Å². The molecule has 338 valence electrons. The molecule has 0 aliphatic heterocycles. The second-order valence-corrected chi connectivity index (χ2v) is 17.5. The van der Waals surface area contributed by atoms with Crippen molar-refractivity contribution in [3.8, 4) is 0 Å². The highest BCUT2D eigenvalue weighted by Crippen LogP contribution is 2.17. The van der Waals surface area contributed by atoms with E-state index >= 15 is 0 Å². The van der Waals surface area contributed by atoms with Crippen LogP contribution in [0.5, 0.6) is 0 Å². The average Bonchev–Trinajstić information content (AvgIpc) is 3.21. The Labute approximate surface area is 355 Å². The normalized spacial score (nSPS) is 11.8. The summed E-state index contributed by atoms with van der Waals surface area (Å²) >= 11 is 0. The summed E-state index contributed by atoms with van der Waals surface area (Å²) in [5.41, 5.74) is 0. The maximum atomic E-state index is 12.8. The van der Waals surface area contributed by atoms with Gasteiger partial charge in [0.15, 0.2) is 6.10 Å². The van der Waals surface area contributed by atoms with Gasteiger partial charge in [0.05, 0.1) is 0 Å². The minimum absolute atomic E-state index is 0.0620. The van der Waals surface area contributed by atoms with Gasteiger partial charge in [-0.2, -0.15) is 0 Å². The SMILES string of the molecule is CCCCCCCCCCCCCCCCCCC(=O)OC[C@H](COC(=O)CCCCCCCCCCC)OC(=O)CCCCCCCCCCCCCCCC. The van der Waals surface area contributed by atoms with E-state index < -0.39 is 6.10 Å². The molecule has 0 aromatic carbocycles. The molecule has 0 saturated heterocycles. The van der Waals surface area contributed by atoms with Crippen molar-refractivity contribution in [2.24, 2.45) is 0 Å². The van der Waals surface area contributed by atoms with Crippen LogP contribution in [0.15, 0.2) is 0 Å². The highest BCUT2D eigenvalue weighted by atomic mass is 16.6. The predicted molar refractivity (Wildman–Crippen MR) is 243 cm³/mol. The average molecular weight is 807 g/mol. The summed E-state index contributed by atoms with van der Waals surface area (Å²) in [5.74, 6) is -0.845. The zero-order valence-electron chi connectivity index (χ0n) is 38.6. The summed E-state index contributed by atoms with van der Waals surface area (Å²) < 4.78 is 16.8. The Morgan fingerprint density at radius 2 is 0.474 bits per heavy atom. The summed E-state index contributed by atoms with van der Waals surface area (Å²) in [6, 6.07) is 0. The van der Waals surface area contributed by atoms with Gasteiger partial charge in [-0.3, -0.25) is 14.4 Å². The Balaban J connectivity index is 4.26. The van der Waals surface area contributed by atoms with Crippen LogP contribution < -0.4 is 0 Å². The Morgan fingerprint density at radius 3 is 0.702 bits per heavy atom. The molecule has 6 nitrogen and oxygen atoms in total. The maximum absolute atomic E-state index is 12.8. The monoisotopic (exact) mass is 807 g/mol. The summed E-state index contributed by atoms with van der Waals surface area (Å²) in [6.07, 6.45) is 49.4. The van der Waals surface area contributed by atoms with Gasteiger partial charge in [-0.25, -0.2) is 0 Å². The van der Waals surface area contributed by atoms with Gasteiger partial charge < -0.3 is 14.2 Å². The number of unbranched alkanes of at least 4 members (excludes halogenated alkanes) is 36. The Hall–Kier alpha value is -1.59. The molecule has 0 aromatic heterocycles. The number of carbonyl (C=O) groups is 3. The molecular formula is C51H98O6. The lowest BCUT2D eigenvalue weighted by atomic mass is 10.0. The highest BCUT2D eigenvalue weighted by molar-refractivity contribution is 5.71. The number of rotatable bonds is 47. The van der Waals surface area contributed by atoms with E-state index in [0.717, 1.165) is 57.8 Å². The van der Waals surface area contributed by atoms with Gasteiger partial charge in [0.2, 0.25) is 0 Å². The van der Waals surface area contributed by atoms with Gasteiger partial charge in [-0.15, -0.1) is 0 Å². The summed E-state index contributed by atoms with van der Waals surface area (Å²) in [7, 11) is 0. The molecular weight excluding hydrogens is 709 g/mol. The molecule has 1 atom stereocenters. The third-order valence-corrected chi connectivity index (χ3v) is 11.6. The summed E-state index contributed by atoms with van der Waals surface area (Å²) in [4.78, 5) is 37.8. The van der Waals surface area contributed by atoms with Crippen LogP contribution in [0.25, 0.3) is 0 Å².